The molecule has 6 heteroatoms. The molecule has 2 heterocycles. The number of hydrogen-bond acceptors (Lipinski definition) is 4. The lowest BCUT2D eigenvalue weighted by atomic mass is 10.3. The Morgan fingerprint density at radius 3 is 2.86 bits per heavy atom. The van der Waals surface area contributed by atoms with Crippen molar-refractivity contribution in [3.63, 3.8) is 0 Å². The summed E-state index contributed by atoms with van der Waals surface area (Å²) in [5.41, 5.74) is 0.965. The van der Waals surface area contributed by atoms with E-state index in [9.17, 15) is 4.79 Å². The van der Waals surface area contributed by atoms with E-state index in [0.717, 1.165) is 26.5 Å². The molecule has 0 aliphatic rings. The second-order valence-corrected chi connectivity index (χ2v) is 7.15. The molecule has 1 amide bonds. The second kappa shape index (κ2) is 6.54. The fraction of sp³-hybridized carbons (Fsp3) is 0.250. The number of benzene rings is 1. The standard InChI is InChI=1S/C16H17N3OS2/c1-11-13-10-14(22-16(13)19(2)18-11)15(20)17-8-9-21-12-6-4-3-5-7-12/h3-7,10H,8-9H2,1-2H3,(H,17,20). The summed E-state index contributed by atoms with van der Waals surface area (Å²) in [6.07, 6.45) is 0. The number of nitrogens with zero attached hydrogens (tertiary/aromatic N) is 2. The van der Waals surface area contributed by atoms with Crippen LogP contribution in [-0.2, 0) is 7.05 Å². The third-order valence-corrected chi connectivity index (χ3v) is 5.53. The molecule has 0 radical (unpaired) electrons. The highest BCUT2D eigenvalue weighted by Gasteiger charge is 2.14. The van der Waals surface area contributed by atoms with E-state index in [-0.39, 0.29) is 5.91 Å². The van der Waals surface area contributed by atoms with Crippen molar-refractivity contribution in [2.24, 2.45) is 7.05 Å². The van der Waals surface area contributed by atoms with Gasteiger partial charge in [-0.1, -0.05) is 18.2 Å². The van der Waals surface area contributed by atoms with Gasteiger partial charge in [0.1, 0.15) is 4.83 Å². The van der Waals surface area contributed by atoms with Gasteiger partial charge in [-0.15, -0.1) is 23.1 Å². The summed E-state index contributed by atoms with van der Waals surface area (Å²) in [6.45, 7) is 2.62. The van der Waals surface area contributed by atoms with Crippen LogP contribution >= 0.6 is 23.1 Å². The van der Waals surface area contributed by atoms with E-state index < -0.39 is 0 Å². The number of amides is 1. The summed E-state index contributed by atoms with van der Waals surface area (Å²) in [5.74, 6) is 0.857. The lowest BCUT2D eigenvalue weighted by Gasteiger charge is -2.03. The van der Waals surface area contributed by atoms with Crippen LogP contribution in [0.1, 0.15) is 15.4 Å². The van der Waals surface area contributed by atoms with Crippen molar-refractivity contribution in [2.45, 2.75) is 11.8 Å². The van der Waals surface area contributed by atoms with Crippen LogP contribution in [-0.4, -0.2) is 28.0 Å². The minimum atomic E-state index is -0.00531. The van der Waals surface area contributed by atoms with Crippen molar-refractivity contribution in [3.05, 3.63) is 47.0 Å². The van der Waals surface area contributed by atoms with Gasteiger partial charge in [0.15, 0.2) is 0 Å². The molecule has 1 aromatic carbocycles. The van der Waals surface area contributed by atoms with Gasteiger partial charge in [0, 0.05) is 29.6 Å². The van der Waals surface area contributed by atoms with Gasteiger partial charge in [-0.3, -0.25) is 9.48 Å². The van der Waals surface area contributed by atoms with Crippen LogP contribution in [0.25, 0.3) is 10.2 Å². The first-order chi connectivity index (χ1) is 10.6. The minimum Gasteiger partial charge on any atom is -0.350 e. The zero-order chi connectivity index (χ0) is 15.5. The van der Waals surface area contributed by atoms with Crippen molar-refractivity contribution in [1.82, 2.24) is 15.1 Å². The van der Waals surface area contributed by atoms with Crippen LogP contribution < -0.4 is 5.32 Å². The molecule has 1 N–H and O–H groups in total. The summed E-state index contributed by atoms with van der Waals surface area (Å²) in [5, 5.41) is 8.40. The lowest BCUT2D eigenvalue weighted by Crippen LogP contribution is -2.24. The van der Waals surface area contributed by atoms with E-state index in [1.807, 2.05) is 42.9 Å². The Bertz CT molecular complexity index is 758. The first-order valence-corrected chi connectivity index (χ1v) is 8.84. The van der Waals surface area contributed by atoms with Crippen LogP contribution in [0.2, 0.25) is 0 Å². The molecular weight excluding hydrogens is 314 g/mol. The number of rotatable bonds is 5. The summed E-state index contributed by atoms with van der Waals surface area (Å²) < 4.78 is 1.83. The SMILES string of the molecule is Cc1nn(C)c2sc(C(=O)NCCSc3ccccc3)cc12. The zero-order valence-electron chi connectivity index (χ0n) is 12.5. The van der Waals surface area contributed by atoms with Crippen molar-refractivity contribution < 1.29 is 4.79 Å². The summed E-state index contributed by atoms with van der Waals surface area (Å²) in [6, 6.07) is 12.1. The molecule has 0 bridgehead atoms. The van der Waals surface area contributed by atoms with Gasteiger partial charge in [0.2, 0.25) is 0 Å². The Morgan fingerprint density at radius 1 is 1.36 bits per heavy atom. The van der Waals surface area contributed by atoms with Crippen LogP contribution in [0.4, 0.5) is 0 Å². The summed E-state index contributed by atoms with van der Waals surface area (Å²) in [4.78, 5) is 15.2. The maximum absolute atomic E-state index is 12.2. The molecule has 0 aliphatic heterocycles. The molecule has 0 aliphatic carbocycles. The smallest absolute Gasteiger partial charge is 0.261 e. The third-order valence-electron chi connectivity index (χ3n) is 3.32. The first-order valence-electron chi connectivity index (χ1n) is 7.04. The van der Waals surface area contributed by atoms with Crippen LogP contribution in [0, 0.1) is 6.92 Å². The number of aryl methyl sites for hydroxylation is 2. The fourth-order valence-corrected chi connectivity index (χ4v) is 4.08. The fourth-order valence-electron chi connectivity index (χ4n) is 2.25. The first kappa shape index (κ1) is 15.1. The van der Waals surface area contributed by atoms with Crippen molar-refractivity contribution in [3.8, 4) is 0 Å². The number of nitrogens with one attached hydrogen (secondary N) is 1. The van der Waals surface area contributed by atoms with E-state index in [0.29, 0.717) is 6.54 Å². The topological polar surface area (TPSA) is 46.9 Å². The number of thiophene rings is 1. The van der Waals surface area contributed by atoms with Crippen molar-refractivity contribution in [1.29, 1.82) is 0 Å². The van der Waals surface area contributed by atoms with Gasteiger partial charge in [-0.25, -0.2) is 0 Å². The van der Waals surface area contributed by atoms with Crippen LogP contribution in [0.5, 0.6) is 0 Å². The summed E-state index contributed by atoms with van der Waals surface area (Å²) in [7, 11) is 1.91. The highest BCUT2D eigenvalue weighted by atomic mass is 32.2. The van der Waals surface area contributed by atoms with Gasteiger partial charge in [-0.05, 0) is 25.1 Å². The molecule has 3 aromatic rings. The predicted molar refractivity (Wildman–Crippen MR) is 92.8 cm³/mol. The van der Waals surface area contributed by atoms with Gasteiger partial charge < -0.3 is 5.32 Å². The third kappa shape index (κ3) is 3.18. The molecule has 2 aromatic heterocycles. The Morgan fingerprint density at radius 2 is 2.14 bits per heavy atom. The maximum atomic E-state index is 12.2. The molecule has 114 valence electrons. The Labute approximate surface area is 137 Å². The van der Waals surface area contributed by atoms with Crippen LogP contribution in [0.15, 0.2) is 41.3 Å². The molecule has 0 saturated carbocycles. The molecule has 4 nitrogen and oxygen atoms in total. The zero-order valence-corrected chi connectivity index (χ0v) is 14.1. The molecule has 3 rings (SSSR count). The number of thioether (sulfide) groups is 1. The van der Waals surface area contributed by atoms with Crippen molar-refractivity contribution in [2.75, 3.05) is 12.3 Å². The number of aromatic nitrogens is 2. The largest absolute Gasteiger partial charge is 0.350 e. The van der Waals surface area contributed by atoms with Gasteiger partial charge in [0.05, 0.1) is 10.6 Å². The molecule has 0 fully saturated rings. The van der Waals surface area contributed by atoms with Gasteiger partial charge in [-0.2, -0.15) is 5.10 Å². The monoisotopic (exact) mass is 331 g/mol. The maximum Gasteiger partial charge on any atom is 0.261 e. The lowest BCUT2D eigenvalue weighted by molar-refractivity contribution is 0.0960. The van der Waals surface area contributed by atoms with E-state index in [1.54, 1.807) is 11.8 Å². The highest BCUT2D eigenvalue weighted by Crippen LogP contribution is 2.27. The quantitative estimate of drug-likeness (QED) is 0.575. The average Bonchev–Trinajstić information content (AvgIpc) is 3.07. The molecule has 0 atom stereocenters. The number of carbonyl (C=O) groups excluding carboxylic acids is 1. The highest BCUT2D eigenvalue weighted by molar-refractivity contribution is 7.99. The van der Waals surface area contributed by atoms with E-state index in [2.05, 4.69) is 22.5 Å². The Kier molecular flexibility index (Phi) is 4.49. The van der Waals surface area contributed by atoms with E-state index in [1.165, 1.54) is 16.2 Å². The van der Waals surface area contributed by atoms with Gasteiger partial charge >= 0.3 is 0 Å². The minimum absolute atomic E-state index is 0.00531. The number of fused-ring (bicyclic) bond motifs is 1. The number of hydrogen-bond donors (Lipinski definition) is 1. The van der Waals surface area contributed by atoms with Crippen molar-refractivity contribution >= 4 is 39.2 Å². The summed E-state index contributed by atoms with van der Waals surface area (Å²) >= 11 is 3.23. The molecule has 0 unspecified atom stereocenters. The van der Waals surface area contributed by atoms with Crippen LogP contribution in [0.3, 0.4) is 0 Å². The van der Waals surface area contributed by atoms with E-state index in [4.69, 9.17) is 0 Å². The normalized spacial score (nSPS) is 11.0. The molecule has 22 heavy (non-hydrogen) atoms. The Balaban J connectivity index is 1.56. The van der Waals surface area contributed by atoms with E-state index >= 15 is 0 Å². The van der Waals surface area contributed by atoms with Gasteiger partial charge in [0.25, 0.3) is 5.91 Å². The number of carbonyl (C=O) groups is 1. The molecule has 0 spiro atoms. The second-order valence-electron chi connectivity index (χ2n) is 4.96. The predicted octanol–water partition coefficient (Wildman–Crippen LogP) is 3.47. The Hall–Kier alpha value is -1.79. The molecular formula is C16H17N3OS2. The average molecular weight is 331 g/mol. The molecule has 0 saturated heterocycles.